The summed E-state index contributed by atoms with van der Waals surface area (Å²) in [5, 5.41) is 11.4. The number of likely N-dealkylation sites (tertiary alicyclic amines) is 1. The van der Waals surface area contributed by atoms with Gasteiger partial charge in [0.25, 0.3) is 11.7 Å². The van der Waals surface area contributed by atoms with Crippen LogP contribution in [0.25, 0.3) is 5.76 Å². The Morgan fingerprint density at radius 1 is 1.24 bits per heavy atom. The molecule has 152 valence electrons. The molecule has 1 amide bonds. The molecule has 1 aliphatic heterocycles. The lowest BCUT2D eigenvalue weighted by molar-refractivity contribution is -0.139. The standard InChI is InChI=1S/C21H18Cl2FNO4/c1-3-8-25-17(12-6-4-5-7-15(12)24)16(19(27)21(25)28)18(26)13-9-11(22)10-14(23)20(13)29-2/h4-7,9-10,17,26H,3,8H2,1-2H3/b18-16+. The van der Waals surface area contributed by atoms with Gasteiger partial charge in [0.1, 0.15) is 17.3 Å². The molecule has 2 aromatic carbocycles. The maximum atomic E-state index is 14.6. The zero-order valence-corrected chi connectivity index (χ0v) is 17.2. The minimum Gasteiger partial charge on any atom is -0.507 e. The predicted molar refractivity (Wildman–Crippen MR) is 109 cm³/mol. The van der Waals surface area contributed by atoms with Crippen LogP contribution < -0.4 is 4.74 Å². The summed E-state index contributed by atoms with van der Waals surface area (Å²) in [6.45, 7) is 2.05. The monoisotopic (exact) mass is 437 g/mol. The number of nitrogens with zero attached hydrogens (tertiary/aromatic N) is 1. The fraction of sp³-hybridized carbons (Fsp3) is 0.238. The van der Waals surface area contributed by atoms with Gasteiger partial charge in [-0.15, -0.1) is 0 Å². The van der Waals surface area contributed by atoms with Crippen LogP contribution in [0.4, 0.5) is 4.39 Å². The normalized spacial score (nSPS) is 18.4. The van der Waals surface area contributed by atoms with Gasteiger partial charge >= 0.3 is 0 Å². The number of aliphatic hydroxyl groups is 1. The first kappa shape index (κ1) is 21.1. The number of hydrogen-bond acceptors (Lipinski definition) is 4. The Kier molecular flexibility index (Phi) is 6.15. The molecule has 1 fully saturated rings. The molecule has 1 saturated heterocycles. The molecule has 5 nitrogen and oxygen atoms in total. The average Bonchev–Trinajstić information content (AvgIpc) is 2.92. The molecule has 0 aliphatic carbocycles. The van der Waals surface area contributed by atoms with E-state index < -0.39 is 29.3 Å². The van der Waals surface area contributed by atoms with E-state index in [9.17, 15) is 19.1 Å². The molecule has 8 heteroatoms. The highest BCUT2D eigenvalue weighted by Gasteiger charge is 2.46. The van der Waals surface area contributed by atoms with Gasteiger partial charge in [-0.2, -0.15) is 0 Å². The average molecular weight is 438 g/mol. The van der Waals surface area contributed by atoms with Crippen LogP contribution in [-0.4, -0.2) is 35.4 Å². The summed E-state index contributed by atoms with van der Waals surface area (Å²) < 4.78 is 19.8. The second kappa shape index (κ2) is 8.43. The molecule has 0 aromatic heterocycles. The number of benzene rings is 2. The van der Waals surface area contributed by atoms with E-state index in [1.54, 1.807) is 6.07 Å². The number of methoxy groups -OCH3 is 1. The Morgan fingerprint density at radius 2 is 1.93 bits per heavy atom. The molecule has 3 rings (SSSR count). The minimum atomic E-state index is -1.08. The van der Waals surface area contributed by atoms with Crippen molar-refractivity contribution in [1.29, 1.82) is 0 Å². The molecule has 1 atom stereocenters. The summed E-state index contributed by atoms with van der Waals surface area (Å²) in [4.78, 5) is 26.7. The van der Waals surface area contributed by atoms with Crippen molar-refractivity contribution in [2.24, 2.45) is 0 Å². The van der Waals surface area contributed by atoms with Crippen LogP contribution in [0.15, 0.2) is 42.0 Å². The lowest BCUT2D eigenvalue weighted by Gasteiger charge is -2.25. The second-order valence-corrected chi connectivity index (χ2v) is 7.33. The molecule has 1 N–H and O–H groups in total. The van der Waals surface area contributed by atoms with E-state index in [-0.39, 0.29) is 39.0 Å². The third kappa shape index (κ3) is 3.70. The van der Waals surface area contributed by atoms with Gasteiger partial charge < -0.3 is 14.7 Å². The molecule has 1 heterocycles. The quantitative estimate of drug-likeness (QED) is 0.407. The van der Waals surface area contributed by atoms with Gasteiger partial charge in [0, 0.05) is 17.1 Å². The van der Waals surface area contributed by atoms with Crippen LogP contribution in [0.1, 0.15) is 30.5 Å². The minimum absolute atomic E-state index is 0.0424. The topological polar surface area (TPSA) is 66.8 Å². The molecular weight excluding hydrogens is 420 g/mol. The van der Waals surface area contributed by atoms with E-state index >= 15 is 0 Å². The van der Waals surface area contributed by atoms with E-state index in [4.69, 9.17) is 27.9 Å². The van der Waals surface area contributed by atoms with Crippen molar-refractivity contribution in [2.75, 3.05) is 13.7 Å². The third-order valence-corrected chi connectivity index (χ3v) is 5.17. The Balaban J connectivity index is 2.31. The van der Waals surface area contributed by atoms with Crippen molar-refractivity contribution in [3.05, 3.63) is 69.0 Å². The molecule has 1 unspecified atom stereocenters. The summed E-state index contributed by atoms with van der Waals surface area (Å²) in [6, 6.07) is 7.52. The Morgan fingerprint density at radius 3 is 2.55 bits per heavy atom. The predicted octanol–water partition coefficient (Wildman–Crippen LogP) is 4.97. The van der Waals surface area contributed by atoms with Crippen molar-refractivity contribution >= 4 is 40.7 Å². The zero-order chi connectivity index (χ0) is 21.3. The van der Waals surface area contributed by atoms with E-state index in [1.165, 1.54) is 42.3 Å². The number of carbonyl (C=O) groups is 2. The molecule has 0 radical (unpaired) electrons. The lowest BCUT2D eigenvalue weighted by Crippen LogP contribution is -2.30. The van der Waals surface area contributed by atoms with Crippen LogP contribution >= 0.6 is 23.2 Å². The molecular formula is C21H18Cl2FNO4. The van der Waals surface area contributed by atoms with Gasteiger partial charge in [-0.1, -0.05) is 48.3 Å². The number of amides is 1. The van der Waals surface area contributed by atoms with Gasteiger partial charge in [-0.25, -0.2) is 4.39 Å². The second-order valence-electron chi connectivity index (χ2n) is 6.48. The fourth-order valence-corrected chi connectivity index (χ4v) is 4.03. The fourth-order valence-electron chi connectivity index (χ4n) is 3.46. The number of hydrogen-bond donors (Lipinski definition) is 1. The van der Waals surface area contributed by atoms with Crippen molar-refractivity contribution in [1.82, 2.24) is 4.90 Å². The number of halogens is 3. The molecule has 0 bridgehead atoms. The first-order chi connectivity index (χ1) is 13.8. The highest BCUT2D eigenvalue weighted by Crippen LogP contribution is 2.43. The van der Waals surface area contributed by atoms with Gasteiger partial charge in [-0.3, -0.25) is 9.59 Å². The van der Waals surface area contributed by atoms with Crippen LogP contribution in [0, 0.1) is 5.82 Å². The third-order valence-electron chi connectivity index (χ3n) is 4.67. The molecule has 2 aromatic rings. The summed E-state index contributed by atoms with van der Waals surface area (Å²) in [5.74, 6) is -2.77. The Hall–Kier alpha value is -2.57. The lowest BCUT2D eigenvalue weighted by atomic mass is 9.94. The van der Waals surface area contributed by atoms with Gasteiger partial charge in [0.2, 0.25) is 0 Å². The van der Waals surface area contributed by atoms with Crippen LogP contribution in [0.2, 0.25) is 10.0 Å². The molecule has 1 aliphatic rings. The number of ketones is 1. The number of aliphatic hydroxyl groups excluding tert-OH is 1. The smallest absolute Gasteiger partial charge is 0.295 e. The highest BCUT2D eigenvalue weighted by atomic mass is 35.5. The largest absolute Gasteiger partial charge is 0.507 e. The van der Waals surface area contributed by atoms with Crippen LogP contribution in [0.5, 0.6) is 5.75 Å². The molecule has 29 heavy (non-hydrogen) atoms. The molecule has 0 saturated carbocycles. The van der Waals surface area contributed by atoms with E-state index in [0.717, 1.165) is 0 Å². The van der Waals surface area contributed by atoms with E-state index in [2.05, 4.69) is 0 Å². The number of ether oxygens (including phenoxy) is 1. The van der Waals surface area contributed by atoms with E-state index in [0.29, 0.717) is 6.42 Å². The maximum Gasteiger partial charge on any atom is 0.295 e. The molecule has 0 spiro atoms. The van der Waals surface area contributed by atoms with Crippen LogP contribution in [0.3, 0.4) is 0 Å². The van der Waals surface area contributed by atoms with Gasteiger partial charge in [0.05, 0.1) is 29.3 Å². The van der Waals surface area contributed by atoms with Crippen molar-refractivity contribution in [2.45, 2.75) is 19.4 Å². The van der Waals surface area contributed by atoms with Gasteiger partial charge in [-0.05, 0) is 24.6 Å². The van der Waals surface area contributed by atoms with Crippen LogP contribution in [-0.2, 0) is 9.59 Å². The first-order valence-corrected chi connectivity index (χ1v) is 9.63. The van der Waals surface area contributed by atoms with Crippen molar-refractivity contribution in [3.8, 4) is 5.75 Å². The Bertz CT molecular complexity index is 1020. The summed E-state index contributed by atoms with van der Waals surface area (Å²) in [5.41, 5.74) is -0.0974. The van der Waals surface area contributed by atoms with Gasteiger partial charge in [0.15, 0.2) is 0 Å². The number of Topliss-reactive ketones (excluding diaryl/α,β-unsaturated/α-hetero) is 1. The van der Waals surface area contributed by atoms with Crippen molar-refractivity contribution in [3.63, 3.8) is 0 Å². The SMILES string of the molecule is CCCN1C(=O)C(=O)/C(=C(/O)c2cc(Cl)cc(Cl)c2OC)C1c1ccccc1F. The number of carbonyl (C=O) groups excluding carboxylic acids is 2. The number of rotatable bonds is 5. The first-order valence-electron chi connectivity index (χ1n) is 8.88. The summed E-state index contributed by atoms with van der Waals surface area (Å²) in [6.07, 6.45) is 0.546. The highest BCUT2D eigenvalue weighted by molar-refractivity contribution is 6.46. The Labute approximate surface area is 177 Å². The maximum absolute atomic E-state index is 14.6. The van der Waals surface area contributed by atoms with Crippen molar-refractivity contribution < 1.29 is 23.8 Å². The zero-order valence-electron chi connectivity index (χ0n) is 15.7. The summed E-state index contributed by atoms with van der Waals surface area (Å²) in [7, 11) is 1.34. The van der Waals surface area contributed by atoms with E-state index in [1.807, 2.05) is 6.92 Å². The summed E-state index contributed by atoms with van der Waals surface area (Å²) >= 11 is 12.2.